The molecule has 0 spiro atoms. The molecule has 1 aliphatic heterocycles. The van der Waals surface area contributed by atoms with Crippen molar-refractivity contribution in [3.8, 4) is 0 Å². The fraction of sp³-hybridized carbons (Fsp3) is 0.500. The lowest BCUT2D eigenvalue weighted by Gasteiger charge is -2.25. The van der Waals surface area contributed by atoms with Crippen LogP contribution in [-0.4, -0.2) is 37.5 Å². The summed E-state index contributed by atoms with van der Waals surface area (Å²) in [4.78, 5) is 15.9. The molecule has 4 nitrogen and oxygen atoms in total. The number of benzene rings is 1. The van der Waals surface area contributed by atoms with E-state index in [1.54, 1.807) is 4.90 Å². The van der Waals surface area contributed by atoms with Crippen LogP contribution in [0.1, 0.15) is 24.9 Å². The van der Waals surface area contributed by atoms with Crippen molar-refractivity contribution < 1.29 is 4.79 Å². The molecule has 1 aromatic rings. The second kappa shape index (κ2) is 5.40. The summed E-state index contributed by atoms with van der Waals surface area (Å²) in [5, 5.41) is 0. The molecule has 0 radical (unpaired) electrons. The average Bonchev–Trinajstić information content (AvgIpc) is 2.52. The Morgan fingerprint density at radius 3 is 2.72 bits per heavy atom. The number of hydrogen-bond donors (Lipinski definition) is 1. The van der Waals surface area contributed by atoms with Crippen LogP contribution in [0.4, 0.5) is 5.69 Å². The first kappa shape index (κ1) is 12.9. The predicted octanol–water partition coefficient (Wildman–Crippen LogP) is 1.37. The van der Waals surface area contributed by atoms with Crippen molar-refractivity contribution >= 4 is 11.6 Å². The van der Waals surface area contributed by atoms with Gasteiger partial charge in [0.05, 0.1) is 6.54 Å². The van der Waals surface area contributed by atoms with E-state index in [9.17, 15) is 4.79 Å². The van der Waals surface area contributed by atoms with Gasteiger partial charge in [0.2, 0.25) is 5.91 Å². The fourth-order valence-corrected chi connectivity index (χ4v) is 2.35. The third-order valence-corrected chi connectivity index (χ3v) is 3.44. The Bertz CT molecular complexity index is 431. The summed E-state index contributed by atoms with van der Waals surface area (Å²) < 4.78 is 0. The van der Waals surface area contributed by atoms with Gasteiger partial charge >= 0.3 is 0 Å². The number of rotatable bonds is 2. The number of likely N-dealkylation sites (N-methyl/N-ethyl adjacent to an activating group) is 1. The van der Waals surface area contributed by atoms with Gasteiger partial charge in [0.15, 0.2) is 0 Å². The molecule has 1 saturated heterocycles. The molecule has 0 unspecified atom stereocenters. The Kier molecular flexibility index (Phi) is 3.87. The maximum absolute atomic E-state index is 11.9. The van der Waals surface area contributed by atoms with E-state index in [1.807, 2.05) is 32.2 Å². The van der Waals surface area contributed by atoms with Crippen molar-refractivity contribution in [2.75, 3.05) is 31.6 Å². The van der Waals surface area contributed by atoms with Gasteiger partial charge in [-0.05, 0) is 25.0 Å². The van der Waals surface area contributed by atoms with E-state index in [0.29, 0.717) is 6.54 Å². The van der Waals surface area contributed by atoms with E-state index in [2.05, 4.69) is 11.0 Å². The summed E-state index contributed by atoms with van der Waals surface area (Å²) in [5.41, 5.74) is 8.20. The molecule has 2 rings (SSSR count). The normalized spacial score (nSPS) is 18.7. The Labute approximate surface area is 108 Å². The highest BCUT2D eigenvalue weighted by atomic mass is 16.2. The maximum Gasteiger partial charge on any atom is 0.241 e. The van der Waals surface area contributed by atoms with Crippen molar-refractivity contribution in [2.45, 2.75) is 19.4 Å². The van der Waals surface area contributed by atoms with Crippen LogP contribution in [0.2, 0.25) is 0 Å². The lowest BCUT2D eigenvalue weighted by atomic mass is 10.1. The number of anilines is 1. The molecule has 1 fully saturated rings. The molecule has 0 saturated carbocycles. The van der Waals surface area contributed by atoms with Crippen LogP contribution in [-0.2, 0) is 4.79 Å². The van der Waals surface area contributed by atoms with Gasteiger partial charge in [0, 0.05) is 31.9 Å². The highest BCUT2D eigenvalue weighted by molar-refractivity contribution is 5.82. The SMILES string of the molecule is C[C@@H](N)c1ccccc1N1CCCN(C)C(=O)C1. The maximum atomic E-state index is 11.9. The van der Waals surface area contributed by atoms with E-state index in [0.717, 1.165) is 30.8 Å². The zero-order valence-electron chi connectivity index (χ0n) is 11.1. The summed E-state index contributed by atoms with van der Waals surface area (Å²) >= 11 is 0. The Balaban J connectivity index is 2.28. The average molecular weight is 247 g/mol. The third-order valence-electron chi connectivity index (χ3n) is 3.44. The summed E-state index contributed by atoms with van der Waals surface area (Å²) in [6, 6.07) is 8.07. The van der Waals surface area contributed by atoms with Gasteiger partial charge in [-0.1, -0.05) is 18.2 Å². The van der Waals surface area contributed by atoms with Gasteiger partial charge < -0.3 is 15.5 Å². The molecule has 0 bridgehead atoms. The van der Waals surface area contributed by atoms with Gasteiger partial charge in [0.1, 0.15) is 0 Å². The molecule has 0 aromatic heterocycles. The number of carbonyl (C=O) groups excluding carboxylic acids is 1. The second-order valence-corrected chi connectivity index (χ2v) is 4.94. The van der Waals surface area contributed by atoms with Gasteiger partial charge in [-0.25, -0.2) is 0 Å². The zero-order chi connectivity index (χ0) is 13.1. The van der Waals surface area contributed by atoms with Crippen LogP contribution in [0, 0.1) is 0 Å². The standard InChI is InChI=1S/C14H21N3O/c1-11(15)12-6-3-4-7-13(12)17-9-5-8-16(2)14(18)10-17/h3-4,6-7,11H,5,8-10,15H2,1-2H3/t11-/m1/s1. The molecule has 0 aliphatic carbocycles. The van der Waals surface area contributed by atoms with E-state index < -0.39 is 0 Å². The minimum absolute atomic E-state index is 0.0164. The third kappa shape index (κ3) is 2.64. The fourth-order valence-electron chi connectivity index (χ4n) is 2.35. The number of nitrogens with zero attached hydrogens (tertiary/aromatic N) is 2. The molecule has 1 atom stereocenters. The molecule has 1 aliphatic rings. The van der Waals surface area contributed by atoms with Crippen molar-refractivity contribution in [1.82, 2.24) is 4.90 Å². The van der Waals surface area contributed by atoms with E-state index in [-0.39, 0.29) is 11.9 Å². The molecular formula is C14H21N3O. The molecule has 2 N–H and O–H groups in total. The number of amides is 1. The zero-order valence-corrected chi connectivity index (χ0v) is 11.1. The lowest BCUT2D eigenvalue weighted by Crippen LogP contribution is -2.35. The van der Waals surface area contributed by atoms with Crippen molar-refractivity contribution in [2.24, 2.45) is 5.73 Å². The quantitative estimate of drug-likeness (QED) is 0.859. The van der Waals surface area contributed by atoms with Gasteiger partial charge in [-0.2, -0.15) is 0 Å². The predicted molar refractivity (Wildman–Crippen MR) is 73.5 cm³/mol. The molecular weight excluding hydrogens is 226 g/mol. The van der Waals surface area contributed by atoms with Gasteiger partial charge in [-0.15, -0.1) is 0 Å². The van der Waals surface area contributed by atoms with Crippen molar-refractivity contribution in [3.63, 3.8) is 0 Å². The second-order valence-electron chi connectivity index (χ2n) is 4.94. The molecule has 4 heteroatoms. The molecule has 1 amide bonds. The van der Waals surface area contributed by atoms with E-state index in [1.165, 1.54) is 0 Å². The first-order valence-corrected chi connectivity index (χ1v) is 6.43. The number of para-hydroxylation sites is 1. The van der Waals surface area contributed by atoms with Crippen LogP contribution in [0.25, 0.3) is 0 Å². The Hall–Kier alpha value is -1.55. The smallest absolute Gasteiger partial charge is 0.241 e. The van der Waals surface area contributed by atoms with E-state index >= 15 is 0 Å². The van der Waals surface area contributed by atoms with Crippen molar-refractivity contribution in [3.05, 3.63) is 29.8 Å². The van der Waals surface area contributed by atoms with Crippen LogP contribution in [0.3, 0.4) is 0 Å². The Morgan fingerprint density at radius 2 is 2.00 bits per heavy atom. The largest absolute Gasteiger partial charge is 0.362 e. The first-order valence-electron chi connectivity index (χ1n) is 6.43. The number of hydrogen-bond acceptors (Lipinski definition) is 3. The first-order chi connectivity index (χ1) is 8.59. The van der Waals surface area contributed by atoms with Crippen molar-refractivity contribution in [1.29, 1.82) is 0 Å². The number of carbonyl (C=O) groups is 1. The lowest BCUT2D eigenvalue weighted by molar-refractivity contribution is -0.127. The van der Waals surface area contributed by atoms with E-state index in [4.69, 9.17) is 5.73 Å². The molecule has 18 heavy (non-hydrogen) atoms. The van der Waals surface area contributed by atoms with Gasteiger partial charge in [0.25, 0.3) is 0 Å². The summed E-state index contributed by atoms with van der Waals surface area (Å²) in [5.74, 6) is 0.173. The monoisotopic (exact) mass is 247 g/mol. The van der Waals surface area contributed by atoms with Crippen LogP contribution >= 0.6 is 0 Å². The molecule has 98 valence electrons. The topological polar surface area (TPSA) is 49.6 Å². The van der Waals surface area contributed by atoms with Gasteiger partial charge in [-0.3, -0.25) is 4.79 Å². The minimum Gasteiger partial charge on any atom is -0.362 e. The van der Waals surface area contributed by atoms with Crippen LogP contribution in [0.15, 0.2) is 24.3 Å². The van der Waals surface area contributed by atoms with Crippen LogP contribution in [0.5, 0.6) is 0 Å². The minimum atomic E-state index is -0.0164. The summed E-state index contributed by atoms with van der Waals surface area (Å²) in [7, 11) is 1.86. The number of nitrogens with two attached hydrogens (primary N) is 1. The summed E-state index contributed by atoms with van der Waals surface area (Å²) in [6.07, 6.45) is 0.996. The highest BCUT2D eigenvalue weighted by Gasteiger charge is 2.21. The highest BCUT2D eigenvalue weighted by Crippen LogP contribution is 2.25. The summed E-state index contributed by atoms with van der Waals surface area (Å²) in [6.45, 7) is 4.15. The van der Waals surface area contributed by atoms with Crippen LogP contribution < -0.4 is 10.6 Å². The molecule has 1 aromatic carbocycles. The molecule has 1 heterocycles. The Morgan fingerprint density at radius 1 is 1.28 bits per heavy atom.